The highest BCUT2D eigenvalue weighted by Gasteiger charge is 2.12. The number of carbonyl (C=O) groups excluding carboxylic acids is 1. The monoisotopic (exact) mass is 310 g/mol. The summed E-state index contributed by atoms with van der Waals surface area (Å²) in [6, 6.07) is 16.4. The molecule has 0 aliphatic heterocycles. The van der Waals surface area contributed by atoms with Gasteiger partial charge < -0.3 is 19.7 Å². The van der Waals surface area contributed by atoms with E-state index in [0.717, 1.165) is 11.0 Å². The molecule has 118 valence electrons. The van der Waals surface area contributed by atoms with Gasteiger partial charge >= 0.3 is 6.03 Å². The smallest absolute Gasteiger partial charge is 0.317 e. The van der Waals surface area contributed by atoms with Crippen molar-refractivity contribution in [3.05, 3.63) is 65.9 Å². The van der Waals surface area contributed by atoms with Gasteiger partial charge in [0.2, 0.25) is 0 Å². The molecule has 5 nitrogen and oxygen atoms in total. The van der Waals surface area contributed by atoms with Gasteiger partial charge in [0.25, 0.3) is 0 Å². The lowest BCUT2D eigenvalue weighted by atomic mass is 10.2. The average molecular weight is 310 g/mol. The van der Waals surface area contributed by atoms with Crippen molar-refractivity contribution < 1.29 is 14.3 Å². The molecule has 0 spiro atoms. The van der Waals surface area contributed by atoms with Gasteiger partial charge in [-0.1, -0.05) is 36.4 Å². The Bertz CT molecular complexity index is 793. The maximum absolute atomic E-state index is 12.1. The molecular weight excluding hydrogens is 292 g/mol. The van der Waals surface area contributed by atoms with E-state index in [1.807, 2.05) is 36.4 Å². The number of nitrogens with one attached hydrogen (secondary N) is 1. The quantitative estimate of drug-likeness (QED) is 0.775. The molecule has 23 heavy (non-hydrogen) atoms. The maximum atomic E-state index is 12.1. The summed E-state index contributed by atoms with van der Waals surface area (Å²) in [6.07, 6.45) is 0. The molecule has 2 N–H and O–H groups in total. The van der Waals surface area contributed by atoms with Crippen molar-refractivity contribution in [2.45, 2.75) is 13.1 Å². The SMILES string of the molecule is CN(Cc1ccccc1O)C(=O)NCc1cc2ccccc2o1. The summed E-state index contributed by atoms with van der Waals surface area (Å²) in [5.41, 5.74) is 1.51. The van der Waals surface area contributed by atoms with Crippen molar-refractivity contribution >= 4 is 17.0 Å². The van der Waals surface area contributed by atoms with Crippen LogP contribution < -0.4 is 5.32 Å². The molecule has 0 bridgehead atoms. The Hall–Kier alpha value is -2.95. The Labute approximate surface area is 134 Å². The van der Waals surface area contributed by atoms with Crippen LogP contribution in [0.5, 0.6) is 5.75 Å². The van der Waals surface area contributed by atoms with Gasteiger partial charge in [0.05, 0.1) is 13.1 Å². The summed E-state index contributed by atoms with van der Waals surface area (Å²) in [6.45, 7) is 0.650. The molecule has 0 atom stereocenters. The lowest BCUT2D eigenvalue weighted by Crippen LogP contribution is -2.36. The predicted octanol–water partition coefficient (Wildman–Crippen LogP) is 3.48. The van der Waals surface area contributed by atoms with E-state index < -0.39 is 0 Å². The van der Waals surface area contributed by atoms with Crippen LogP contribution in [0.3, 0.4) is 0 Å². The molecule has 0 radical (unpaired) electrons. The second-order valence-electron chi connectivity index (χ2n) is 5.39. The van der Waals surface area contributed by atoms with Gasteiger partial charge in [0, 0.05) is 18.0 Å². The van der Waals surface area contributed by atoms with Crippen LogP contribution >= 0.6 is 0 Å². The van der Waals surface area contributed by atoms with Crippen LogP contribution in [0.25, 0.3) is 11.0 Å². The number of fused-ring (bicyclic) bond motifs is 1. The van der Waals surface area contributed by atoms with Crippen molar-refractivity contribution in [1.29, 1.82) is 0 Å². The number of hydrogen-bond acceptors (Lipinski definition) is 3. The minimum absolute atomic E-state index is 0.185. The summed E-state index contributed by atoms with van der Waals surface area (Å²) >= 11 is 0. The van der Waals surface area contributed by atoms with Crippen molar-refractivity contribution in [2.24, 2.45) is 0 Å². The van der Waals surface area contributed by atoms with Crippen LogP contribution in [-0.2, 0) is 13.1 Å². The van der Waals surface area contributed by atoms with Gasteiger partial charge in [-0.2, -0.15) is 0 Å². The number of phenolic OH excluding ortho intramolecular Hbond substituents is 1. The standard InChI is InChI=1S/C18H18N2O3/c1-20(12-14-7-2-4-8-16(14)21)18(22)19-11-15-10-13-6-3-5-9-17(13)23-15/h2-10,21H,11-12H2,1H3,(H,19,22). The van der Waals surface area contributed by atoms with Crippen molar-refractivity contribution in [3.63, 3.8) is 0 Å². The number of nitrogens with zero attached hydrogens (tertiary/aromatic N) is 1. The largest absolute Gasteiger partial charge is 0.508 e. The van der Waals surface area contributed by atoms with Gasteiger partial charge in [-0.3, -0.25) is 0 Å². The van der Waals surface area contributed by atoms with Gasteiger partial charge in [-0.15, -0.1) is 0 Å². The third-order valence-electron chi connectivity index (χ3n) is 3.64. The summed E-state index contributed by atoms with van der Waals surface area (Å²) in [5, 5.41) is 13.6. The first kappa shape index (κ1) is 15.0. The molecular formula is C18H18N2O3. The molecule has 0 fully saturated rings. The van der Waals surface area contributed by atoms with E-state index >= 15 is 0 Å². The van der Waals surface area contributed by atoms with Crippen LogP contribution in [0, 0.1) is 0 Å². The molecule has 1 aromatic heterocycles. The first-order valence-corrected chi connectivity index (χ1v) is 7.37. The highest BCUT2D eigenvalue weighted by Crippen LogP contribution is 2.19. The molecule has 3 rings (SSSR count). The first-order valence-electron chi connectivity index (χ1n) is 7.37. The predicted molar refractivity (Wildman–Crippen MR) is 88.0 cm³/mol. The maximum Gasteiger partial charge on any atom is 0.317 e. The van der Waals surface area contributed by atoms with Gasteiger partial charge in [0.1, 0.15) is 17.1 Å². The number of aromatic hydroxyl groups is 1. The number of benzene rings is 2. The zero-order valence-corrected chi connectivity index (χ0v) is 12.8. The highest BCUT2D eigenvalue weighted by molar-refractivity contribution is 5.78. The fourth-order valence-corrected chi connectivity index (χ4v) is 2.39. The number of para-hydroxylation sites is 2. The Kier molecular flexibility index (Phi) is 4.19. The fraction of sp³-hybridized carbons (Fsp3) is 0.167. The van der Waals surface area contributed by atoms with Crippen LogP contribution in [0.2, 0.25) is 0 Å². The number of furan rings is 1. The molecule has 2 amide bonds. The molecule has 0 aliphatic carbocycles. The van der Waals surface area contributed by atoms with Gasteiger partial charge in [-0.05, 0) is 18.2 Å². The van der Waals surface area contributed by atoms with Crippen LogP contribution in [-0.4, -0.2) is 23.1 Å². The molecule has 1 heterocycles. The molecule has 5 heteroatoms. The van der Waals surface area contributed by atoms with E-state index in [1.165, 1.54) is 4.90 Å². The van der Waals surface area contributed by atoms with Crippen LogP contribution in [0.15, 0.2) is 59.0 Å². The Morgan fingerprint density at radius 2 is 1.91 bits per heavy atom. The van der Waals surface area contributed by atoms with Crippen LogP contribution in [0.4, 0.5) is 4.79 Å². The zero-order chi connectivity index (χ0) is 16.2. The van der Waals surface area contributed by atoms with E-state index in [1.54, 1.807) is 25.2 Å². The lowest BCUT2D eigenvalue weighted by molar-refractivity contribution is 0.205. The highest BCUT2D eigenvalue weighted by atomic mass is 16.3. The third-order valence-corrected chi connectivity index (χ3v) is 3.64. The zero-order valence-electron chi connectivity index (χ0n) is 12.8. The van der Waals surface area contributed by atoms with Crippen molar-refractivity contribution in [1.82, 2.24) is 10.2 Å². The van der Waals surface area contributed by atoms with E-state index in [-0.39, 0.29) is 11.8 Å². The minimum atomic E-state index is -0.228. The molecule has 3 aromatic rings. The third kappa shape index (κ3) is 3.45. The minimum Gasteiger partial charge on any atom is -0.508 e. The summed E-state index contributed by atoms with van der Waals surface area (Å²) in [4.78, 5) is 13.7. The normalized spacial score (nSPS) is 10.7. The summed E-state index contributed by atoms with van der Waals surface area (Å²) in [7, 11) is 1.68. The lowest BCUT2D eigenvalue weighted by Gasteiger charge is -2.18. The fourth-order valence-electron chi connectivity index (χ4n) is 2.39. The van der Waals surface area contributed by atoms with Crippen molar-refractivity contribution in [3.8, 4) is 5.75 Å². The second kappa shape index (κ2) is 6.44. The molecule has 0 unspecified atom stereocenters. The van der Waals surface area contributed by atoms with E-state index in [2.05, 4.69) is 5.32 Å². The Morgan fingerprint density at radius 3 is 2.70 bits per heavy atom. The molecule has 2 aromatic carbocycles. The first-order chi connectivity index (χ1) is 11.1. The Morgan fingerprint density at radius 1 is 1.17 bits per heavy atom. The Balaban J connectivity index is 1.59. The van der Waals surface area contributed by atoms with E-state index in [4.69, 9.17) is 4.42 Å². The van der Waals surface area contributed by atoms with Gasteiger partial charge in [0.15, 0.2) is 0 Å². The van der Waals surface area contributed by atoms with Gasteiger partial charge in [-0.25, -0.2) is 4.79 Å². The van der Waals surface area contributed by atoms with Crippen molar-refractivity contribution in [2.75, 3.05) is 7.05 Å². The number of urea groups is 1. The second-order valence-corrected chi connectivity index (χ2v) is 5.39. The van der Waals surface area contributed by atoms with E-state index in [9.17, 15) is 9.90 Å². The molecule has 0 saturated heterocycles. The topological polar surface area (TPSA) is 65.7 Å². The summed E-state index contributed by atoms with van der Waals surface area (Å²) < 4.78 is 5.66. The summed E-state index contributed by atoms with van der Waals surface area (Å²) in [5.74, 6) is 0.889. The number of phenols is 1. The molecule has 0 aliphatic rings. The number of rotatable bonds is 4. The number of carbonyl (C=O) groups is 1. The number of hydrogen-bond donors (Lipinski definition) is 2. The molecule has 0 saturated carbocycles. The van der Waals surface area contributed by atoms with Crippen LogP contribution in [0.1, 0.15) is 11.3 Å². The number of amides is 2. The average Bonchev–Trinajstić information content (AvgIpc) is 2.97. The van der Waals surface area contributed by atoms with E-state index in [0.29, 0.717) is 24.4 Å².